The lowest BCUT2D eigenvalue weighted by atomic mass is 9.58. The van der Waals surface area contributed by atoms with E-state index in [0.717, 1.165) is 66.9 Å². The van der Waals surface area contributed by atoms with Crippen LogP contribution in [0.5, 0.6) is 0 Å². The molecule has 2 N–H and O–H groups in total. The van der Waals surface area contributed by atoms with Gasteiger partial charge in [-0.1, -0.05) is 6.07 Å². The topological polar surface area (TPSA) is 83.9 Å². The molecular formula is C24H27N7O. The van der Waals surface area contributed by atoms with Gasteiger partial charge in [0.25, 0.3) is 0 Å². The van der Waals surface area contributed by atoms with Crippen LogP contribution in [0.1, 0.15) is 12.8 Å². The number of anilines is 1. The first-order valence-electron chi connectivity index (χ1n) is 11.6. The van der Waals surface area contributed by atoms with Crippen molar-refractivity contribution in [1.29, 1.82) is 0 Å². The summed E-state index contributed by atoms with van der Waals surface area (Å²) in [6, 6.07) is 8.79. The molecule has 1 saturated carbocycles. The lowest BCUT2D eigenvalue weighted by molar-refractivity contribution is -0.00805. The Bertz CT molecular complexity index is 1290. The first-order chi connectivity index (χ1) is 15.8. The van der Waals surface area contributed by atoms with E-state index in [-0.39, 0.29) is 0 Å². The van der Waals surface area contributed by atoms with E-state index in [4.69, 9.17) is 9.84 Å². The molecule has 3 aromatic heterocycles. The highest BCUT2D eigenvalue weighted by Gasteiger charge is 2.48. The number of ether oxygens (including phenoxy) is 1. The zero-order valence-electron chi connectivity index (χ0n) is 18.0. The maximum atomic E-state index is 5.50. The predicted molar refractivity (Wildman–Crippen MR) is 124 cm³/mol. The molecule has 8 heteroatoms. The summed E-state index contributed by atoms with van der Waals surface area (Å²) >= 11 is 0. The smallest absolute Gasteiger partial charge is 0.143 e. The molecule has 1 spiro atoms. The average molecular weight is 430 g/mol. The van der Waals surface area contributed by atoms with Gasteiger partial charge in [0, 0.05) is 43.8 Å². The van der Waals surface area contributed by atoms with E-state index in [2.05, 4.69) is 54.1 Å². The summed E-state index contributed by atoms with van der Waals surface area (Å²) in [6.07, 6.45) is 6.31. The first-order valence-corrected chi connectivity index (χ1v) is 11.6. The van der Waals surface area contributed by atoms with Gasteiger partial charge in [-0.25, -0.2) is 9.97 Å². The van der Waals surface area contributed by atoms with Crippen molar-refractivity contribution in [3.8, 4) is 11.3 Å². The Labute approximate surface area is 186 Å². The average Bonchev–Trinajstić information content (AvgIpc) is 3.39. The number of benzene rings is 1. The largest absolute Gasteiger partial charge is 0.378 e. The third-order valence-electron chi connectivity index (χ3n) is 7.54. The van der Waals surface area contributed by atoms with Crippen LogP contribution >= 0.6 is 0 Å². The minimum atomic E-state index is 0.610. The van der Waals surface area contributed by atoms with E-state index < -0.39 is 0 Å². The number of fused-ring (bicyclic) bond motifs is 2. The molecule has 3 aliphatic rings. The molecule has 0 radical (unpaired) electrons. The van der Waals surface area contributed by atoms with Gasteiger partial charge in [-0.2, -0.15) is 5.10 Å². The van der Waals surface area contributed by atoms with Crippen molar-refractivity contribution < 1.29 is 4.74 Å². The van der Waals surface area contributed by atoms with E-state index in [1.807, 2.05) is 6.20 Å². The van der Waals surface area contributed by atoms with Crippen molar-refractivity contribution in [3.63, 3.8) is 0 Å². The molecule has 0 unspecified atom stereocenters. The van der Waals surface area contributed by atoms with Gasteiger partial charge in [0.05, 0.1) is 30.3 Å². The Morgan fingerprint density at radius 3 is 2.78 bits per heavy atom. The maximum Gasteiger partial charge on any atom is 0.143 e. The molecule has 2 saturated heterocycles. The monoisotopic (exact) mass is 429 g/mol. The van der Waals surface area contributed by atoms with E-state index >= 15 is 0 Å². The molecule has 4 aromatic rings. The molecule has 1 aliphatic carbocycles. The number of H-pyrrole nitrogens is 1. The van der Waals surface area contributed by atoms with Crippen LogP contribution in [0.25, 0.3) is 33.2 Å². The number of nitrogens with one attached hydrogen (secondary N) is 2. The Balaban J connectivity index is 1.17. The van der Waals surface area contributed by atoms with Crippen LogP contribution < -0.4 is 10.2 Å². The number of rotatable bonds is 4. The maximum absolute atomic E-state index is 5.50. The molecule has 164 valence electrons. The summed E-state index contributed by atoms with van der Waals surface area (Å²) in [5.41, 5.74) is 4.90. The van der Waals surface area contributed by atoms with Gasteiger partial charge in [-0.15, -0.1) is 0 Å². The second kappa shape index (κ2) is 7.02. The highest BCUT2D eigenvalue weighted by Crippen LogP contribution is 2.49. The van der Waals surface area contributed by atoms with Crippen molar-refractivity contribution in [2.45, 2.75) is 19.4 Å². The summed E-state index contributed by atoms with van der Waals surface area (Å²) in [6.45, 7) is 6.62. The number of hydrogen-bond donors (Lipinski definition) is 2. The molecular weight excluding hydrogens is 402 g/mol. The van der Waals surface area contributed by atoms with Gasteiger partial charge in [-0.3, -0.25) is 4.68 Å². The van der Waals surface area contributed by atoms with Crippen molar-refractivity contribution >= 4 is 27.8 Å². The fraction of sp³-hybridized carbons (Fsp3) is 0.458. The SMILES string of the molecule is c1nc(N2CCOCC2)c2cc(-c3ccc4c(cnn4CC4CC5(CNC5)C4)c3)[nH]c2n1. The fourth-order valence-electron chi connectivity index (χ4n) is 5.82. The van der Waals surface area contributed by atoms with Gasteiger partial charge >= 0.3 is 0 Å². The van der Waals surface area contributed by atoms with Crippen LogP contribution in [0, 0.1) is 11.3 Å². The van der Waals surface area contributed by atoms with Gasteiger partial charge < -0.3 is 19.9 Å². The third kappa shape index (κ3) is 2.93. The van der Waals surface area contributed by atoms with Crippen LogP contribution in [0.2, 0.25) is 0 Å². The minimum Gasteiger partial charge on any atom is -0.378 e. The van der Waals surface area contributed by atoms with Crippen LogP contribution in [0.15, 0.2) is 36.8 Å². The predicted octanol–water partition coefficient (Wildman–Crippen LogP) is 2.81. The van der Waals surface area contributed by atoms with Crippen molar-refractivity contribution in [2.24, 2.45) is 11.3 Å². The highest BCUT2D eigenvalue weighted by molar-refractivity contribution is 5.93. The van der Waals surface area contributed by atoms with Crippen LogP contribution in [0.3, 0.4) is 0 Å². The standard InChI is InChI=1S/C24H27N7O/c1-2-21-18(11-28-31(21)12-16-9-24(10-16)13-25-14-24)7-17(1)20-8-19-22(29-20)26-15-27-23(19)30-3-5-32-6-4-30/h1-2,7-8,11,15-16,25H,3-6,9-10,12-14H2,(H,26,27,29). The molecule has 5 heterocycles. The lowest BCUT2D eigenvalue weighted by Gasteiger charge is -2.54. The Hall–Kier alpha value is -2.97. The van der Waals surface area contributed by atoms with E-state index in [1.165, 1.54) is 36.8 Å². The normalized spacial score (nSPS) is 20.7. The van der Waals surface area contributed by atoms with Crippen LogP contribution in [-0.2, 0) is 11.3 Å². The molecule has 7 rings (SSSR count). The van der Waals surface area contributed by atoms with Crippen molar-refractivity contribution in [3.05, 3.63) is 36.8 Å². The highest BCUT2D eigenvalue weighted by atomic mass is 16.5. The number of aromatic amines is 1. The van der Waals surface area contributed by atoms with Gasteiger partial charge in [-0.05, 0) is 47.9 Å². The second-order valence-electron chi connectivity index (χ2n) is 9.72. The molecule has 0 atom stereocenters. The van der Waals surface area contributed by atoms with Gasteiger partial charge in [0.2, 0.25) is 0 Å². The molecule has 1 aromatic carbocycles. The van der Waals surface area contributed by atoms with E-state index in [1.54, 1.807) is 6.33 Å². The summed E-state index contributed by atoms with van der Waals surface area (Å²) in [5, 5.41) is 10.4. The molecule has 0 bridgehead atoms. The summed E-state index contributed by atoms with van der Waals surface area (Å²) in [7, 11) is 0. The minimum absolute atomic E-state index is 0.610. The Kier molecular flexibility index (Phi) is 4.07. The van der Waals surface area contributed by atoms with Crippen LogP contribution in [0.4, 0.5) is 5.82 Å². The van der Waals surface area contributed by atoms with Crippen molar-refractivity contribution in [2.75, 3.05) is 44.3 Å². The van der Waals surface area contributed by atoms with Gasteiger partial charge in [0.15, 0.2) is 0 Å². The Morgan fingerprint density at radius 2 is 1.97 bits per heavy atom. The lowest BCUT2D eigenvalue weighted by Crippen LogP contribution is -2.60. The van der Waals surface area contributed by atoms with Crippen LogP contribution in [-0.4, -0.2) is 64.1 Å². The van der Waals surface area contributed by atoms with E-state index in [0.29, 0.717) is 5.41 Å². The quantitative estimate of drug-likeness (QED) is 0.519. The summed E-state index contributed by atoms with van der Waals surface area (Å²) in [5.74, 6) is 1.74. The third-order valence-corrected chi connectivity index (χ3v) is 7.54. The first kappa shape index (κ1) is 18.6. The number of aromatic nitrogens is 5. The molecule has 0 amide bonds. The van der Waals surface area contributed by atoms with Crippen molar-refractivity contribution in [1.82, 2.24) is 30.0 Å². The zero-order chi connectivity index (χ0) is 21.1. The molecule has 2 aliphatic heterocycles. The number of nitrogens with zero attached hydrogens (tertiary/aromatic N) is 5. The summed E-state index contributed by atoms with van der Waals surface area (Å²) < 4.78 is 7.69. The second-order valence-corrected chi connectivity index (χ2v) is 9.72. The van der Waals surface area contributed by atoms with Gasteiger partial charge in [0.1, 0.15) is 17.8 Å². The molecule has 3 fully saturated rings. The number of morpholine rings is 1. The van der Waals surface area contributed by atoms with E-state index in [9.17, 15) is 0 Å². The fourth-order valence-corrected chi connectivity index (χ4v) is 5.82. The molecule has 8 nitrogen and oxygen atoms in total. The zero-order valence-corrected chi connectivity index (χ0v) is 18.0. The Morgan fingerprint density at radius 1 is 1.09 bits per heavy atom. The number of hydrogen-bond acceptors (Lipinski definition) is 6. The molecule has 32 heavy (non-hydrogen) atoms. The summed E-state index contributed by atoms with van der Waals surface area (Å²) in [4.78, 5) is 14.8.